The van der Waals surface area contributed by atoms with Crippen molar-refractivity contribution < 1.29 is 22.3 Å². The van der Waals surface area contributed by atoms with Crippen molar-refractivity contribution in [3.63, 3.8) is 0 Å². The predicted octanol–water partition coefficient (Wildman–Crippen LogP) is 4.77. The zero-order valence-corrected chi connectivity index (χ0v) is 22.4. The molecule has 2 atom stereocenters. The maximum Gasteiger partial charge on any atom is 0.252 e. The number of fused-ring (bicyclic) bond motifs is 2. The van der Waals surface area contributed by atoms with Crippen molar-refractivity contribution in [1.82, 2.24) is 19.1 Å². The number of halogens is 1. The number of thiophene rings is 1. The average molecular weight is 555 g/mol. The zero-order chi connectivity index (χ0) is 26.5. The maximum absolute atomic E-state index is 13.7. The highest BCUT2D eigenvalue weighted by molar-refractivity contribution is 7.91. The van der Waals surface area contributed by atoms with Gasteiger partial charge in [-0.25, -0.2) is 22.5 Å². The van der Waals surface area contributed by atoms with E-state index >= 15 is 0 Å². The SMILES string of the molecule is C[C@]12Cc3cnn(-c4ccc(F)cc4)c3C=C1CC[C@@H]2CN(CCO)S(=O)(=O)c1ccc(-c2cnco2)s1. The first-order valence-electron chi connectivity index (χ1n) is 12.4. The molecule has 6 rings (SSSR count). The van der Waals surface area contributed by atoms with Gasteiger partial charge in [0.2, 0.25) is 0 Å². The Bertz CT molecular complexity index is 1590. The Kier molecular flexibility index (Phi) is 6.34. The smallest absolute Gasteiger partial charge is 0.252 e. The molecule has 38 heavy (non-hydrogen) atoms. The lowest BCUT2D eigenvalue weighted by Crippen LogP contribution is -2.41. The van der Waals surface area contributed by atoms with E-state index in [1.54, 1.807) is 30.5 Å². The van der Waals surface area contributed by atoms with Gasteiger partial charge in [-0.2, -0.15) is 9.40 Å². The molecule has 4 aromatic rings. The van der Waals surface area contributed by atoms with Crippen LogP contribution in [0, 0.1) is 17.2 Å². The molecule has 0 aliphatic heterocycles. The number of benzene rings is 1. The minimum absolute atomic E-state index is 0.0251. The molecule has 8 nitrogen and oxygen atoms in total. The molecule has 1 fully saturated rings. The molecule has 198 valence electrons. The Labute approximate surface area is 224 Å². The normalized spacial score (nSPS) is 20.9. The fraction of sp³-hybridized carbons (Fsp3) is 0.333. The topological polar surface area (TPSA) is 101 Å². The standard InChI is InChI=1S/C27H27FN4O4S2/c1-27-13-18-14-30-32(22-6-4-21(28)5-7-22)23(18)12-19(27)2-3-20(27)16-31(10-11-33)38(34,35)26-9-8-25(37-26)24-15-29-17-36-24/h4-9,12,14-15,17,20,33H,2-3,10-11,13,16H2,1H3/t20-,27+/m1/s1. The first-order valence-corrected chi connectivity index (χ1v) is 14.7. The molecule has 1 aromatic carbocycles. The second-order valence-corrected chi connectivity index (χ2v) is 13.3. The Morgan fingerprint density at radius 1 is 1.24 bits per heavy atom. The van der Waals surface area contributed by atoms with Crippen LogP contribution in [0.15, 0.2) is 69.4 Å². The van der Waals surface area contributed by atoms with Crippen molar-refractivity contribution in [2.75, 3.05) is 19.7 Å². The van der Waals surface area contributed by atoms with Crippen LogP contribution in [0.5, 0.6) is 0 Å². The van der Waals surface area contributed by atoms with E-state index < -0.39 is 10.0 Å². The van der Waals surface area contributed by atoms with E-state index in [2.05, 4.69) is 23.1 Å². The van der Waals surface area contributed by atoms with Gasteiger partial charge in [0.05, 0.1) is 35.3 Å². The summed E-state index contributed by atoms with van der Waals surface area (Å²) in [4.78, 5) is 4.59. The van der Waals surface area contributed by atoms with E-state index in [1.165, 1.54) is 28.4 Å². The molecule has 0 amide bonds. The number of allylic oxidation sites excluding steroid dienone is 1. The van der Waals surface area contributed by atoms with Crippen molar-refractivity contribution in [3.05, 3.63) is 77.8 Å². The molecular weight excluding hydrogens is 527 g/mol. The third-order valence-corrected chi connectivity index (χ3v) is 11.3. The number of rotatable bonds is 8. The quantitative estimate of drug-likeness (QED) is 0.337. The molecule has 0 unspecified atom stereocenters. The van der Waals surface area contributed by atoms with Gasteiger partial charge < -0.3 is 9.52 Å². The Balaban J connectivity index is 1.27. The molecular formula is C27H27FN4O4S2. The Hall–Kier alpha value is -3.12. The van der Waals surface area contributed by atoms with Crippen LogP contribution < -0.4 is 0 Å². The van der Waals surface area contributed by atoms with E-state index in [-0.39, 0.29) is 34.5 Å². The van der Waals surface area contributed by atoms with E-state index in [1.807, 2.05) is 10.9 Å². The van der Waals surface area contributed by atoms with Crippen molar-refractivity contribution >= 4 is 27.4 Å². The first kappa shape index (κ1) is 25.2. The molecule has 0 radical (unpaired) electrons. The monoisotopic (exact) mass is 554 g/mol. The lowest BCUT2D eigenvalue weighted by Gasteiger charge is -2.38. The van der Waals surface area contributed by atoms with Gasteiger partial charge >= 0.3 is 0 Å². The number of aliphatic hydroxyl groups is 1. The van der Waals surface area contributed by atoms with Crippen LogP contribution in [0.3, 0.4) is 0 Å². The van der Waals surface area contributed by atoms with E-state index in [0.717, 1.165) is 47.5 Å². The van der Waals surface area contributed by atoms with Gasteiger partial charge in [-0.1, -0.05) is 12.5 Å². The molecule has 2 aliphatic rings. The summed E-state index contributed by atoms with van der Waals surface area (Å²) in [5.41, 5.74) is 3.91. The molecule has 3 aromatic heterocycles. The van der Waals surface area contributed by atoms with Crippen LogP contribution in [-0.2, 0) is 16.4 Å². The average Bonchev–Trinajstić information content (AvgIpc) is 3.69. The molecule has 1 saturated carbocycles. The highest BCUT2D eigenvalue weighted by Crippen LogP contribution is 2.53. The van der Waals surface area contributed by atoms with Gasteiger partial charge in [-0.15, -0.1) is 11.3 Å². The number of nitrogens with zero attached hydrogens (tertiary/aromatic N) is 4. The number of oxazole rings is 1. The summed E-state index contributed by atoms with van der Waals surface area (Å²) < 4.78 is 49.6. The Morgan fingerprint density at radius 3 is 2.79 bits per heavy atom. The summed E-state index contributed by atoms with van der Waals surface area (Å²) in [6.07, 6.45) is 9.33. The van der Waals surface area contributed by atoms with Crippen LogP contribution in [0.2, 0.25) is 0 Å². The van der Waals surface area contributed by atoms with Gasteiger partial charge in [-0.3, -0.25) is 0 Å². The summed E-state index contributed by atoms with van der Waals surface area (Å²) in [5, 5.41) is 14.3. The molecule has 2 aliphatic carbocycles. The highest BCUT2D eigenvalue weighted by atomic mass is 32.2. The van der Waals surface area contributed by atoms with E-state index in [0.29, 0.717) is 17.2 Å². The fourth-order valence-corrected chi connectivity index (χ4v) is 8.63. The van der Waals surface area contributed by atoms with Gasteiger partial charge in [0.25, 0.3) is 10.0 Å². The van der Waals surface area contributed by atoms with Crippen LogP contribution in [0.4, 0.5) is 4.39 Å². The summed E-state index contributed by atoms with van der Waals surface area (Å²) in [6.45, 7) is 2.27. The number of sulfonamides is 1. The largest absolute Gasteiger partial charge is 0.443 e. The van der Waals surface area contributed by atoms with Crippen LogP contribution >= 0.6 is 11.3 Å². The molecule has 0 saturated heterocycles. The van der Waals surface area contributed by atoms with Gasteiger partial charge in [0, 0.05) is 13.1 Å². The second kappa shape index (κ2) is 9.57. The van der Waals surface area contributed by atoms with Crippen molar-refractivity contribution in [1.29, 1.82) is 0 Å². The minimum atomic E-state index is -3.82. The third-order valence-electron chi connectivity index (χ3n) is 7.85. The lowest BCUT2D eigenvalue weighted by atomic mass is 9.70. The Morgan fingerprint density at radius 2 is 2.05 bits per heavy atom. The number of hydrogen-bond donors (Lipinski definition) is 1. The van der Waals surface area contributed by atoms with Crippen LogP contribution in [-0.4, -0.2) is 52.3 Å². The molecule has 11 heteroatoms. The number of aromatic nitrogens is 3. The van der Waals surface area contributed by atoms with Crippen LogP contribution in [0.25, 0.3) is 22.4 Å². The maximum atomic E-state index is 13.7. The predicted molar refractivity (Wildman–Crippen MR) is 142 cm³/mol. The van der Waals surface area contributed by atoms with Gasteiger partial charge in [0.15, 0.2) is 12.2 Å². The van der Waals surface area contributed by atoms with Crippen molar-refractivity contribution in [3.8, 4) is 16.3 Å². The van der Waals surface area contributed by atoms with E-state index in [9.17, 15) is 17.9 Å². The molecule has 0 bridgehead atoms. The summed E-state index contributed by atoms with van der Waals surface area (Å²) in [6, 6.07) is 9.57. The van der Waals surface area contributed by atoms with Gasteiger partial charge in [0.1, 0.15) is 10.0 Å². The second-order valence-electron chi connectivity index (χ2n) is 10.0. The summed E-state index contributed by atoms with van der Waals surface area (Å²) >= 11 is 1.13. The third kappa shape index (κ3) is 4.23. The summed E-state index contributed by atoms with van der Waals surface area (Å²) in [7, 11) is -3.82. The first-order chi connectivity index (χ1) is 18.3. The fourth-order valence-electron chi connectivity index (χ4n) is 5.74. The molecule has 3 heterocycles. The number of hydrogen-bond acceptors (Lipinski definition) is 7. The zero-order valence-electron chi connectivity index (χ0n) is 20.7. The summed E-state index contributed by atoms with van der Waals surface area (Å²) in [5.74, 6) is 0.298. The molecule has 1 N–H and O–H groups in total. The van der Waals surface area contributed by atoms with E-state index in [4.69, 9.17) is 4.42 Å². The number of aliphatic hydroxyl groups excluding tert-OH is 1. The van der Waals surface area contributed by atoms with Crippen LogP contribution in [0.1, 0.15) is 31.0 Å². The minimum Gasteiger partial charge on any atom is -0.443 e. The molecule has 0 spiro atoms. The van der Waals surface area contributed by atoms with Crippen molar-refractivity contribution in [2.45, 2.75) is 30.4 Å². The van der Waals surface area contributed by atoms with Crippen molar-refractivity contribution in [2.24, 2.45) is 11.3 Å². The van der Waals surface area contributed by atoms with Gasteiger partial charge in [-0.05, 0) is 78.6 Å². The lowest BCUT2D eigenvalue weighted by molar-refractivity contribution is 0.194. The highest BCUT2D eigenvalue weighted by Gasteiger charge is 2.47.